The molecule has 3 aromatic heterocycles. The van der Waals surface area contributed by atoms with Crippen molar-refractivity contribution >= 4 is 35.8 Å². The normalized spacial score (nSPS) is 10.0. The summed E-state index contributed by atoms with van der Waals surface area (Å²) < 4.78 is 11.6. The van der Waals surface area contributed by atoms with Gasteiger partial charge in [-0.3, -0.25) is 30.1 Å². The molecule has 0 radical (unpaired) electrons. The van der Waals surface area contributed by atoms with Gasteiger partial charge in [0.05, 0.1) is 18.7 Å². The predicted molar refractivity (Wildman–Crippen MR) is 105 cm³/mol. The smallest absolute Gasteiger partial charge is 0.397 e. The third-order valence-corrected chi connectivity index (χ3v) is 3.92. The Morgan fingerprint density at radius 1 is 1.16 bits per heavy atom. The number of urea groups is 1. The Hall–Kier alpha value is -4.34. The van der Waals surface area contributed by atoms with E-state index in [9.17, 15) is 29.8 Å². The van der Waals surface area contributed by atoms with Crippen LogP contribution < -0.4 is 10.6 Å². The molecule has 0 spiro atoms. The van der Waals surface area contributed by atoms with Gasteiger partial charge in [-0.25, -0.2) is 4.79 Å². The van der Waals surface area contributed by atoms with E-state index in [2.05, 4.69) is 25.2 Å². The van der Waals surface area contributed by atoms with Crippen molar-refractivity contribution in [1.29, 1.82) is 0 Å². The van der Waals surface area contributed by atoms with E-state index in [1.165, 1.54) is 25.2 Å². The fraction of sp³-hybridized carbons (Fsp3) is 0.200. The highest BCUT2D eigenvalue weighted by molar-refractivity contribution is 7.71. The van der Waals surface area contributed by atoms with E-state index in [4.69, 9.17) is 16.6 Å². The van der Waals surface area contributed by atoms with Crippen LogP contribution in [0.2, 0.25) is 0 Å². The van der Waals surface area contributed by atoms with Gasteiger partial charge in [0.1, 0.15) is 9.85 Å². The predicted octanol–water partition coefficient (Wildman–Crippen LogP) is 1.95. The molecule has 2 amide bonds. The average molecular weight is 453 g/mol. The number of aromatic nitrogens is 3. The van der Waals surface area contributed by atoms with Gasteiger partial charge in [0.25, 0.3) is 0 Å². The summed E-state index contributed by atoms with van der Waals surface area (Å²) in [6.45, 7) is -0.287. The highest BCUT2D eigenvalue weighted by atomic mass is 32.1. The Morgan fingerprint density at radius 3 is 2.26 bits per heavy atom. The number of hydrogen-bond donors (Lipinski definition) is 3. The molecule has 0 bridgehead atoms. The van der Waals surface area contributed by atoms with Crippen LogP contribution in [0, 0.1) is 25.0 Å². The van der Waals surface area contributed by atoms with E-state index in [0.717, 1.165) is 6.07 Å². The minimum Gasteiger partial charge on any atom is -0.397 e. The van der Waals surface area contributed by atoms with Gasteiger partial charge < -0.3 is 24.0 Å². The first-order chi connectivity index (χ1) is 14.6. The van der Waals surface area contributed by atoms with Crippen LogP contribution in [0.3, 0.4) is 0 Å². The number of aromatic amines is 1. The molecule has 0 saturated carbocycles. The third kappa shape index (κ3) is 5.82. The second-order valence-electron chi connectivity index (χ2n) is 5.56. The summed E-state index contributed by atoms with van der Waals surface area (Å²) in [4.78, 5) is 41.4. The minimum atomic E-state index is -0.747. The molecule has 0 saturated heterocycles. The first-order valence-electron chi connectivity index (χ1n) is 8.23. The van der Waals surface area contributed by atoms with E-state index in [1.807, 2.05) is 0 Å². The van der Waals surface area contributed by atoms with Crippen LogP contribution in [0.4, 0.5) is 16.6 Å². The molecule has 0 fully saturated rings. The van der Waals surface area contributed by atoms with E-state index in [-0.39, 0.29) is 18.2 Å². The number of hydrogen-bond acceptors (Lipinski definition) is 10. The molecule has 0 aliphatic rings. The van der Waals surface area contributed by atoms with Crippen molar-refractivity contribution in [3.05, 3.63) is 55.0 Å². The number of nitrogens with zero attached hydrogens (tertiary/aromatic N) is 4. The van der Waals surface area contributed by atoms with Crippen molar-refractivity contribution in [3.8, 4) is 11.6 Å². The standard InChI is InChI=1S/C8H9N3O5.C7H6N4O3S/c1-9-8(13)10-4-5(12)6-2-3-7(16-6)11(14)15;1-10-6(8-9-7(10)15)4-2-3-5(14-4)11(12)13/h2-3H,4H2,1H3,(H2,9,10,13);2-3H,1H3,(H,9,15). The molecule has 16 heteroatoms. The van der Waals surface area contributed by atoms with Crippen LogP contribution in [-0.4, -0.2) is 50.0 Å². The molecule has 15 nitrogen and oxygen atoms in total. The van der Waals surface area contributed by atoms with E-state index >= 15 is 0 Å². The lowest BCUT2D eigenvalue weighted by molar-refractivity contribution is -0.402. The molecule has 164 valence electrons. The lowest BCUT2D eigenvalue weighted by Gasteiger charge is -2.00. The van der Waals surface area contributed by atoms with Crippen molar-refractivity contribution in [2.75, 3.05) is 13.6 Å². The maximum Gasteiger partial charge on any atom is 0.433 e. The number of nitro groups is 2. The number of ketones is 1. The number of nitrogens with one attached hydrogen (secondary N) is 3. The van der Waals surface area contributed by atoms with E-state index in [1.54, 1.807) is 11.6 Å². The van der Waals surface area contributed by atoms with Crippen molar-refractivity contribution < 1.29 is 28.3 Å². The number of rotatable bonds is 6. The molecule has 0 aromatic carbocycles. The van der Waals surface area contributed by atoms with Crippen molar-refractivity contribution in [2.24, 2.45) is 7.05 Å². The molecular weight excluding hydrogens is 438 g/mol. The molecule has 0 aliphatic carbocycles. The fourth-order valence-corrected chi connectivity index (χ4v) is 2.16. The summed E-state index contributed by atoms with van der Waals surface area (Å²) >= 11 is 4.90. The Labute approximate surface area is 177 Å². The third-order valence-electron chi connectivity index (χ3n) is 3.56. The van der Waals surface area contributed by atoms with Crippen LogP contribution >= 0.6 is 12.2 Å². The van der Waals surface area contributed by atoms with Gasteiger partial charge in [0, 0.05) is 14.1 Å². The van der Waals surface area contributed by atoms with Crippen molar-refractivity contribution in [3.63, 3.8) is 0 Å². The topological polar surface area (TPSA) is 204 Å². The second kappa shape index (κ2) is 9.92. The largest absolute Gasteiger partial charge is 0.433 e. The molecule has 3 rings (SSSR count). The number of H-pyrrole nitrogens is 1. The molecule has 31 heavy (non-hydrogen) atoms. The van der Waals surface area contributed by atoms with Gasteiger partial charge in [-0.05, 0) is 24.4 Å². The molecule has 3 aromatic rings. The Bertz CT molecular complexity index is 1170. The van der Waals surface area contributed by atoms with Gasteiger partial charge in [-0.2, -0.15) is 5.10 Å². The molecule has 0 atom stereocenters. The average Bonchev–Trinajstić information content (AvgIpc) is 3.47. The zero-order chi connectivity index (χ0) is 23.1. The summed E-state index contributed by atoms with van der Waals surface area (Å²) in [6, 6.07) is 4.49. The Kier molecular flexibility index (Phi) is 7.34. The van der Waals surface area contributed by atoms with E-state index < -0.39 is 27.5 Å². The second-order valence-corrected chi connectivity index (χ2v) is 5.94. The maximum absolute atomic E-state index is 11.3. The summed E-state index contributed by atoms with van der Waals surface area (Å²) in [5.74, 6) is -0.813. The molecule has 3 heterocycles. The lowest BCUT2D eigenvalue weighted by Crippen LogP contribution is -2.36. The Balaban J connectivity index is 0.000000220. The lowest BCUT2D eigenvalue weighted by atomic mass is 10.3. The van der Waals surface area contributed by atoms with E-state index in [0.29, 0.717) is 16.4 Å². The molecule has 3 N–H and O–H groups in total. The molecule has 0 unspecified atom stereocenters. The van der Waals surface area contributed by atoms with Gasteiger partial charge in [-0.15, -0.1) is 0 Å². The van der Waals surface area contributed by atoms with Crippen LogP contribution in [-0.2, 0) is 7.05 Å². The number of carbonyl (C=O) groups excluding carboxylic acids is 2. The van der Waals surface area contributed by atoms with Crippen molar-refractivity contribution in [2.45, 2.75) is 0 Å². The number of furan rings is 2. The van der Waals surface area contributed by atoms with Crippen LogP contribution in [0.15, 0.2) is 33.1 Å². The van der Waals surface area contributed by atoms with Crippen LogP contribution in [0.5, 0.6) is 0 Å². The summed E-state index contributed by atoms with van der Waals surface area (Å²) in [5.41, 5.74) is 0. The fourth-order valence-electron chi connectivity index (χ4n) is 2.03. The number of amides is 2. The molecule has 0 aliphatic heterocycles. The summed E-state index contributed by atoms with van der Waals surface area (Å²) in [6.07, 6.45) is 0. The zero-order valence-corrected chi connectivity index (χ0v) is 16.8. The van der Waals surface area contributed by atoms with Gasteiger partial charge in [0.15, 0.2) is 22.1 Å². The number of carbonyl (C=O) groups is 2. The zero-order valence-electron chi connectivity index (χ0n) is 16.0. The van der Waals surface area contributed by atoms with Gasteiger partial charge in [-0.1, -0.05) is 0 Å². The maximum atomic E-state index is 11.3. The Morgan fingerprint density at radius 2 is 1.77 bits per heavy atom. The van der Waals surface area contributed by atoms with Gasteiger partial charge >= 0.3 is 17.8 Å². The first kappa shape index (κ1) is 22.9. The van der Waals surface area contributed by atoms with Crippen LogP contribution in [0.25, 0.3) is 11.6 Å². The first-order valence-corrected chi connectivity index (χ1v) is 8.63. The quantitative estimate of drug-likeness (QED) is 0.214. The monoisotopic (exact) mass is 453 g/mol. The SMILES string of the molecule is CNC(=O)NCC(=O)c1ccc([N+](=O)[O-])o1.Cn1c(-c2ccc([N+](=O)[O-])o2)n[nH]c1=S. The van der Waals surface area contributed by atoms with Gasteiger partial charge in [0.2, 0.25) is 5.78 Å². The summed E-state index contributed by atoms with van der Waals surface area (Å²) in [7, 11) is 3.09. The highest BCUT2D eigenvalue weighted by Crippen LogP contribution is 2.23. The van der Waals surface area contributed by atoms with Crippen LogP contribution in [0.1, 0.15) is 10.6 Å². The molecular formula is C15H15N7O8S. The number of Topliss-reactive ketones (excluding diaryl/α,β-unsaturated/α-hetero) is 1. The van der Waals surface area contributed by atoms with Crippen molar-refractivity contribution in [1.82, 2.24) is 25.4 Å². The summed E-state index contributed by atoms with van der Waals surface area (Å²) in [5, 5.41) is 31.6. The minimum absolute atomic E-state index is 0.164. The highest BCUT2D eigenvalue weighted by Gasteiger charge is 2.18.